The summed E-state index contributed by atoms with van der Waals surface area (Å²) in [6.07, 6.45) is 0.941. The number of nitrogens with zero attached hydrogens (tertiary/aromatic N) is 3. The number of amides is 1. The number of nitrogens with one attached hydrogen (secondary N) is 1. The first kappa shape index (κ1) is 13.3. The van der Waals surface area contributed by atoms with Gasteiger partial charge >= 0.3 is 0 Å². The highest BCUT2D eigenvalue weighted by molar-refractivity contribution is 7.15. The molecule has 0 saturated carbocycles. The van der Waals surface area contributed by atoms with E-state index in [9.17, 15) is 4.79 Å². The van der Waals surface area contributed by atoms with Gasteiger partial charge in [0.05, 0.1) is 11.4 Å². The van der Waals surface area contributed by atoms with Gasteiger partial charge in [0.25, 0.3) is 5.91 Å². The molecule has 7 heteroatoms. The lowest BCUT2D eigenvalue weighted by Crippen LogP contribution is -2.29. The van der Waals surface area contributed by atoms with Gasteiger partial charge in [-0.05, 0) is 13.5 Å². The lowest BCUT2D eigenvalue weighted by Gasteiger charge is -2.23. The lowest BCUT2D eigenvalue weighted by molar-refractivity contribution is 0.0988. The Morgan fingerprint density at radius 1 is 1.60 bits per heavy atom. The molecular formula is C13H16N4O2S. The molecule has 20 heavy (non-hydrogen) atoms. The van der Waals surface area contributed by atoms with Crippen LogP contribution >= 0.6 is 11.3 Å². The van der Waals surface area contributed by atoms with Gasteiger partial charge in [-0.15, -0.1) is 11.3 Å². The summed E-state index contributed by atoms with van der Waals surface area (Å²) in [6.45, 7) is 6.92. The Kier molecular flexibility index (Phi) is 3.54. The smallest absolute Gasteiger partial charge is 0.296 e. The Hall–Kier alpha value is -1.73. The van der Waals surface area contributed by atoms with Crippen molar-refractivity contribution in [1.82, 2.24) is 15.0 Å². The number of carbonyl (C=O) groups is 1. The molecule has 3 heterocycles. The van der Waals surface area contributed by atoms with E-state index < -0.39 is 0 Å². The molecule has 6 nitrogen and oxygen atoms in total. The predicted octanol–water partition coefficient (Wildman–Crippen LogP) is 2.07. The molecule has 0 atom stereocenters. The summed E-state index contributed by atoms with van der Waals surface area (Å²) in [4.78, 5) is 20.1. The zero-order valence-electron chi connectivity index (χ0n) is 11.5. The molecule has 0 radical (unpaired) electrons. The van der Waals surface area contributed by atoms with Gasteiger partial charge in [0.1, 0.15) is 0 Å². The van der Waals surface area contributed by atoms with Crippen LogP contribution in [0.4, 0.5) is 5.13 Å². The third kappa shape index (κ3) is 2.59. The Bertz CT molecular complexity index is 634. The standard InChI is InChI=1S/C13H16N4O2S/c1-3-17-5-4-9-11(7-17)20-13(14-9)15-12(18)10-6-8(2)16-19-10/h6H,3-5,7H2,1-2H3,(H,14,15,18). The number of aromatic nitrogens is 2. The average Bonchev–Trinajstić information content (AvgIpc) is 3.03. The second-order valence-electron chi connectivity index (χ2n) is 4.79. The van der Waals surface area contributed by atoms with Crippen molar-refractivity contribution >= 4 is 22.4 Å². The zero-order valence-corrected chi connectivity index (χ0v) is 12.3. The summed E-state index contributed by atoms with van der Waals surface area (Å²) in [5.41, 5.74) is 1.79. The van der Waals surface area contributed by atoms with Gasteiger partial charge < -0.3 is 4.52 Å². The fourth-order valence-electron chi connectivity index (χ4n) is 2.20. The molecular weight excluding hydrogens is 276 g/mol. The fraction of sp³-hybridized carbons (Fsp3) is 0.462. The number of thiazole rings is 1. The predicted molar refractivity (Wildman–Crippen MR) is 76.0 cm³/mol. The number of carbonyl (C=O) groups excluding carboxylic acids is 1. The summed E-state index contributed by atoms with van der Waals surface area (Å²) in [5.74, 6) is -0.0881. The van der Waals surface area contributed by atoms with Crippen LogP contribution in [0.5, 0.6) is 0 Å². The summed E-state index contributed by atoms with van der Waals surface area (Å²) in [7, 11) is 0. The first-order chi connectivity index (χ1) is 9.65. The summed E-state index contributed by atoms with van der Waals surface area (Å²) in [5, 5.41) is 7.12. The molecule has 0 spiro atoms. The molecule has 1 aliphatic rings. The van der Waals surface area contributed by atoms with Crippen molar-refractivity contribution in [2.24, 2.45) is 0 Å². The largest absolute Gasteiger partial charge is 0.351 e. The van der Waals surface area contributed by atoms with Crippen LogP contribution in [0.2, 0.25) is 0 Å². The van der Waals surface area contributed by atoms with Crippen LogP contribution in [0.1, 0.15) is 33.7 Å². The van der Waals surface area contributed by atoms with E-state index in [-0.39, 0.29) is 11.7 Å². The van der Waals surface area contributed by atoms with E-state index in [0.717, 1.165) is 31.7 Å². The van der Waals surface area contributed by atoms with Crippen LogP contribution in [0.25, 0.3) is 0 Å². The van der Waals surface area contributed by atoms with Crippen molar-refractivity contribution in [3.05, 3.63) is 28.1 Å². The molecule has 1 amide bonds. The number of rotatable bonds is 3. The molecule has 1 aliphatic heterocycles. The number of likely N-dealkylation sites (N-methyl/N-ethyl adjacent to an activating group) is 1. The zero-order chi connectivity index (χ0) is 14.1. The summed E-state index contributed by atoms with van der Waals surface area (Å²) >= 11 is 1.54. The van der Waals surface area contributed by atoms with E-state index in [0.29, 0.717) is 10.8 Å². The van der Waals surface area contributed by atoms with Gasteiger partial charge in [-0.3, -0.25) is 15.0 Å². The van der Waals surface area contributed by atoms with Gasteiger partial charge in [-0.25, -0.2) is 4.98 Å². The van der Waals surface area contributed by atoms with E-state index in [1.54, 1.807) is 13.0 Å². The molecule has 0 bridgehead atoms. The molecule has 1 N–H and O–H groups in total. The quantitative estimate of drug-likeness (QED) is 0.937. The first-order valence-corrected chi connectivity index (χ1v) is 7.43. The lowest BCUT2D eigenvalue weighted by atomic mass is 10.2. The summed E-state index contributed by atoms with van der Waals surface area (Å²) < 4.78 is 4.94. The Labute approximate surface area is 120 Å². The maximum Gasteiger partial charge on any atom is 0.296 e. The Balaban J connectivity index is 1.73. The topological polar surface area (TPSA) is 71.3 Å². The average molecular weight is 292 g/mol. The third-order valence-electron chi connectivity index (χ3n) is 3.33. The number of hydrogen-bond donors (Lipinski definition) is 1. The van der Waals surface area contributed by atoms with Crippen molar-refractivity contribution in [3.8, 4) is 0 Å². The second-order valence-corrected chi connectivity index (χ2v) is 5.88. The van der Waals surface area contributed by atoms with E-state index in [4.69, 9.17) is 4.52 Å². The number of fused-ring (bicyclic) bond motifs is 1. The molecule has 2 aromatic rings. The minimum absolute atomic E-state index is 0.214. The number of hydrogen-bond acceptors (Lipinski definition) is 6. The Morgan fingerprint density at radius 2 is 2.45 bits per heavy atom. The van der Waals surface area contributed by atoms with Crippen LogP contribution in [0, 0.1) is 6.92 Å². The fourth-order valence-corrected chi connectivity index (χ4v) is 3.25. The van der Waals surface area contributed by atoms with E-state index in [1.807, 2.05) is 0 Å². The van der Waals surface area contributed by atoms with Crippen LogP contribution in [0.15, 0.2) is 10.6 Å². The molecule has 2 aromatic heterocycles. The van der Waals surface area contributed by atoms with Crippen molar-refractivity contribution < 1.29 is 9.32 Å². The van der Waals surface area contributed by atoms with E-state index in [1.165, 1.54) is 16.2 Å². The van der Waals surface area contributed by atoms with Gasteiger partial charge in [0.15, 0.2) is 5.13 Å². The first-order valence-electron chi connectivity index (χ1n) is 6.61. The molecule has 0 fully saturated rings. The molecule has 0 saturated heterocycles. The van der Waals surface area contributed by atoms with Gasteiger partial charge in [-0.1, -0.05) is 12.1 Å². The maximum absolute atomic E-state index is 12.0. The van der Waals surface area contributed by atoms with Crippen molar-refractivity contribution in [2.45, 2.75) is 26.8 Å². The normalized spacial score (nSPS) is 15.1. The van der Waals surface area contributed by atoms with E-state index in [2.05, 4.69) is 27.3 Å². The Morgan fingerprint density at radius 3 is 3.15 bits per heavy atom. The highest BCUT2D eigenvalue weighted by Crippen LogP contribution is 2.28. The van der Waals surface area contributed by atoms with Crippen molar-refractivity contribution in [1.29, 1.82) is 0 Å². The van der Waals surface area contributed by atoms with Crippen LogP contribution in [-0.2, 0) is 13.0 Å². The minimum atomic E-state index is -0.302. The molecule has 3 rings (SSSR count). The number of anilines is 1. The van der Waals surface area contributed by atoms with E-state index >= 15 is 0 Å². The molecule has 0 aliphatic carbocycles. The van der Waals surface area contributed by atoms with Crippen LogP contribution in [0.3, 0.4) is 0 Å². The SMILES string of the molecule is CCN1CCc2nc(NC(=O)c3cc(C)no3)sc2C1. The second kappa shape index (κ2) is 5.34. The highest BCUT2D eigenvalue weighted by atomic mass is 32.1. The summed E-state index contributed by atoms with van der Waals surface area (Å²) in [6, 6.07) is 1.61. The third-order valence-corrected chi connectivity index (χ3v) is 4.33. The molecule has 106 valence electrons. The van der Waals surface area contributed by atoms with Gasteiger partial charge in [-0.2, -0.15) is 0 Å². The minimum Gasteiger partial charge on any atom is -0.351 e. The van der Waals surface area contributed by atoms with Gasteiger partial charge in [0, 0.05) is 30.5 Å². The monoisotopic (exact) mass is 292 g/mol. The van der Waals surface area contributed by atoms with Crippen LogP contribution < -0.4 is 5.32 Å². The molecule has 0 aromatic carbocycles. The maximum atomic E-state index is 12.0. The van der Waals surface area contributed by atoms with Crippen molar-refractivity contribution in [3.63, 3.8) is 0 Å². The van der Waals surface area contributed by atoms with Crippen molar-refractivity contribution in [2.75, 3.05) is 18.4 Å². The highest BCUT2D eigenvalue weighted by Gasteiger charge is 2.21. The van der Waals surface area contributed by atoms with Gasteiger partial charge in [0.2, 0.25) is 5.76 Å². The van der Waals surface area contributed by atoms with Crippen LogP contribution in [-0.4, -0.2) is 34.0 Å². The number of aryl methyl sites for hydroxylation is 1. The molecule has 0 unspecified atom stereocenters.